The molecule has 0 fully saturated rings. The van der Waals surface area contributed by atoms with E-state index < -0.39 is 36.5 Å². The lowest BCUT2D eigenvalue weighted by Crippen LogP contribution is -2.55. The zero-order valence-corrected chi connectivity index (χ0v) is 21.7. The van der Waals surface area contributed by atoms with Gasteiger partial charge in [-0.05, 0) is 29.8 Å². The van der Waals surface area contributed by atoms with Gasteiger partial charge in [0.05, 0.1) is 26.4 Å². The lowest BCUT2D eigenvalue weighted by Gasteiger charge is -2.38. The average Bonchev–Trinajstić information content (AvgIpc) is 3.23. The average molecular weight is 606 g/mol. The van der Waals surface area contributed by atoms with E-state index in [-0.39, 0.29) is 61.7 Å². The van der Waals surface area contributed by atoms with Crippen LogP contribution < -0.4 is 19.1 Å². The molecule has 0 spiro atoms. The fourth-order valence-corrected chi connectivity index (χ4v) is 4.07. The molecule has 228 valence electrons. The van der Waals surface area contributed by atoms with Crippen molar-refractivity contribution in [3.05, 3.63) is 59.8 Å². The molecule has 17 heteroatoms. The van der Waals surface area contributed by atoms with Crippen LogP contribution in [0.2, 0.25) is 0 Å². The molecule has 0 saturated carbocycles. The molecular formula is C25H24F6N4O7. The first kappa shape index (κ1) is 30.7. The van der Waals surface area contributed by atoms with Gasteiger partial charge in [0, 0.05) is 19.7 Å². The van der Waals surface area contributed by atoms with E-state index in [0.29, 0.717) is 0 Å². The molecule has 1 aliphatic rings. The third-order valence-electron chi connectivity index (χ3n) is 5.77. The van der Waals surface area contributed by atoms with Crippen molar-refractivity contribution in [1.82, 2.24) is 14.5 Å². The number of anilines is 1. The van der Waals surface area contributed by atoms with Crippen LogP contribution in [0.15, 0.2) is 48.5 Å². The van der Waals surface area contributed by atoms with Crippen molar-refractivity contribution in [2.24, 2.45) is 0 Å². The Bertz CT molecular complexity index is 1400. The number of alkyl halides is 6. The predicted octanol–water partition coefficient (Wildman–Crippen LogP) is 3.70. The molecule has 0 radical (unpaired) electrons. The summed E-state index contributed by atoms with van der Waals surface area (Å²) in [6.45, 7) is -0.733. The van der Waals surface area contributed by atoms with Crippen LogP contribution in [0.3, 0.4) is 0 Å². The molecule has 1 aliphatic heterocycles. The SMILES string of the molecule is CN1c2nc(Oc3cccc(OC(F)(F)F)c3)n(Cc3cccc(OC(F)(F)F)c3)c2C(=O)N(CCOCCO)C1O. The van der Waals surface area contributed by atoms with Crippen molar-refractivity contribution >= 4 is 11.7 Å². The smallest absolute Gasteiger partial charge is 0.425 e. The maximum absolute atomic E-state index is 13.6. The number of carbonyl (C=O) groups is 1. The van der Waals surface area contributed by atoms with Gasteiger partial charge in [0.2, 0.25) is 6.35 Å². The van der Waals surface area contributed by atoms with Crippen molar-refractivity contribution in [2.45, 2.75) is 25.6 Å². The molecule has 42 heavy (non-hydrogen) atoms. The number of hydrogen-bond donors (Lipinski definition) is 2. The van der Waals surface area contributed by atoms with Gasteiger partial charge in [0.1, 0.15) is 17.2 Å². The van der Waals surface area contributed by atoms with Crippen LogP contribution in [0.5, 0.6) is 23.3 Å². The predicted molar refractivity (Wildman–Crippen MR) is 131 cm³/mol. The van der Waals surface area contributed by atoms with E-state index in [1.54, 1.807) is 0 Å². The van der Waals surface area contributed by atoms with Gasteiger partial charge in [0.25, 0.3) is 5.91 Å². The lowest BCUT2D eigenvalue weighted by atomic mass is 10.2. The summed E-state index contributed by atoms with van der Waals surface area (Å²) < 4.78 is 96.6. The summed E-state index contributed by atoms with van der Waals surface area (Å²) in [5.41, 5.74) is 0.0835. The molecule has 3 aromatic rings. The first-order valence-electron chi connectivity index (χ1n) is 12.1. The summed E-state index contributed by atoms with van der Waals surface area (Å²) in [4.78, 5) is 20.1. The first-order chi connectivity index (χ1) is 19.8. The van der Waals surface area contributed by atoms with Gasteiger partial charge in [-0.2, -0.15) is 4.98 Å². The van der Waals surface area contributed by atoms with Gasteiger partial charge in [0.15, 0.2) is 11.5 Å². The number of aromatic nitrogens is 2. The number of aliphatic hydroxyl groups is 2. The van der Waals surface area contributed by atoms with E-state index in [1.807, 2.05) is 0 Å². The fraction of sp³-hybridized carbons (Fsp3) is 0.360. The molecule has 0 saturated heterocycles. The minimum absolute atomic E-state index is 0.0113. The Kier molecular flexibility index (Phi) is 9.03. The zero-order valence-electron chi connectivity index (χ0n) is 21.7. The van der Waals surface area contributed by atoms with Gasteiger partial charge in [-0.25, -0.2) is 0 Å². The second kappa shape index (κ2) is 12.3. The number of imidazole rings is 1. The van der Waals surface area contributed by atoms with Crippen LogP contribution >= 0.6 is 0 Å². The Morgan fingerprint density at radius 2 is 1.55 bits per heavy atom. The first-order valence-corrected chi connectivity index (χ1v) is 12.1. The highest BCUT2D eigenvalue weighted by molar-refractivity contribution is 5.99. The zero-order chi connectivity index (χ0) is 30.7. The maximum atomic E-state index is 13.6. The van der Waals surface area contributed by atoms with Crippen molar-refractivity contribution in [2.75, 3.05) is 38.3 Å². The Balaban J connectivity index is 1.74. The van der Waals surface area contributed by atoms with E-state index in [2.05, 4.69) is 14.5 Å². The number of fused-ring (bicyclic) bond motifs is 1. The Hall–Kier alpha value is -4.22. The topological polar surface area (TPSA) is 119 Å². The van der Waals surface area contributed by atoms with E-state index >= 15 is 0 Å². The normalized spacial score (nSPS) is 15.5. The summed E-state index contributed by atoms with van der Waals surface area (Å²) in [7, 11) is 1.41. The number of benzene rings is 2. The van der Waals surface area contributed by atoms with Crippen LogP contribution in [0.1, 0.15) is 16.1 Å². The lowest BCUT2D eigenvalue weighted by molar-refractivity contribution is -0.275. The third kappa shape index (κ3) is 7.54. The van der Waals surface area contributed by atoms with E-state index in [9.17, 15) is 36.2 Å². The number of carbonyl (C=O) groups excluding carboxylic acids is 1. The van der Waals surface area contributed by atoms with Gasteiger partial charge in [-0.3, -0.25) is 14.3 Å². The van der Waals surface area contributed by atoms with Crippen LogP contribution in [-0.4, -0.2) is 83.1 Å². The van der Waals surface area contributed by atoms with E-state index in [4.69, 9.17) is 14.6 Å². The summed E-state index contributed by atoms with van der Waals surface area (Å²) in [5.74, 6) is -2.12. The molecule has 1 amide bonds. The Morgan fingerprint density at radius 3 is 2.19 bits per heavy atom. The molecule has 1 unspecified atom stereocenters. The molecule has 1 atom stereocenters. The standard InChI is InChI=1S/C25H24F6N4O7/c1-33-20-19(21(37)34(23(33)38)8-10-39-11-9-36)35(14-15-4-2-6-17(12-15)41-24(26,27)28)22(32-20)40-16-5-3-7-18(13-16)42-25(29,30)31/h2-7,12-13,23,36,38H,8-11,14H2,1H3. The largest absolute Gasteiger partial charge is 0.573 e. The van der Waals surface area contributed by atoms with E-state index in [1.165, 1.54) is 40.8 Å². The molecule has 4 rings (SSSR count). The van der Waals surface area contributed by atoms with Crippen LogP contribution in [0.25, 0.3) is 0 Å². The van der Waals surface area contributed by atoms with Gasteiger partial charge in [-0.15, -0.1) is 26.3 Å². The summed E-state index contributed by atoms with van der Waals surface area (Å²) in [6.07, 6.45) is -11.4. The molecule has 11 nitrogen and oxygen atoms in total. The monoisotopic (exact) mass is 606 g/mol. The summed E-state index contributed by atoms with van der Waals surface area (Å²) >= 11 is 0. The highest BCUT2D eigenvalue weighted by Gasteiger charge is 2.40. The molecule has 2 N–H and O–H groups in total. The Morgan fingerprint density at radius 1 is 0.929 bits per heavy atom. The maximum Gasteiger partial charge on any atom is 0.573 e. The van der Waals surface area contributed by atoms with Gasteiger partial charge in [-0.1, -0.05) is 18.2 Å². The minimum Gasteiger partial charge on any atom is -0.425 e. The van der Waals surface area contributed by atoms with Crippen molar-refractivity contribution in [3.8, 4) is 23.3 Å². The minimum atomic E-state index is -4.98. The molecule has 1 aromatic heterocycles. The number of amides is 1. The Labute approximate surface area is 234 Å². The van der Waals surface area contributed by atoms with Crippen molar-refractivity contribution in [3.63, 3.8) is 0 Å². The molecule has 0 aliphatic carbocycles. The van der Waals surface area contributed by atoms with Crippen molar-refractivity contribution in [1.29, 1.82) is 0 Å². The van der Waals surface area contributed by atoms with Gasteiger partial charge < -0.3 is 34.1 Å². The summed E-state index contributed by atoms with van der Waals surface area (Å²) in [6, 6.07) is 9.05. The number of aliphatic hydroxyl groups excluding tert-OH is 2. The number of nitrogens with zero attached hydrogens (tertiary/aromatic N) is 4. The highest BCUT2D eigenvalue weighted by Crippen LogP contribution is 2.36. The molecule has 2 aromatic carbocycles. The van der Waals surface area contributed by atoms with Crippen LogP contribution in [0, 0.1) is 0 Å². The number of rotatable bonds is 11. The number of hydrogen-bond acceptors (Lipinski definition) is 9. The second-order valence-electron chi connectivity index (χ2n) is 8.76. The molecular weight excluding hydrogens is 582 g/mol. The van der Waals surface area contributed by atoms with Gasteiger partial charge >= 0.3 is 18.7 Å². The number of halogens is 6. The molecule has 0 bridgehead atoms. The van der Waals surface area contributed by atoms with Crippen molar-refractivity contribution < 1.29 is 60.3 Å². The summed E-state index contributed by atoms with van der Waals surface area (Å²) in [5, 5.41) is 19.7. The quantitative estimate of drug-likeness (QED) is 0.249. The van der Waals surface area contributed by atoms with E-state index in [0.717, 1.165) is 29.2 Å². The fourth-order valence-electron chi connectivity index (χ4n) is 4.07. The second-order valence-corrected chi connectivity index (χ2v) is 8.76. The number of ether oxygens (including phenoxy) is 4. The highest BCUT2D eigenvalue weighted by atomic mass is 19.4. The van der Waals surface area contributed by atoms with Crippen LogP contribution in [0.4, 0.5) is 32.2 Å². The molecule has 2 heterocycles. The third-order valence-corrected chi connectivity index (χ3v) is 5.77. The van der Waals surface area contributed by atoms with Crippen LogP contribution in [-0.2, 0) is 11.3 Å².